The first kappa shape index (κ1) is 21.1. The maximum atomic E-state index is 14.5. The standard InChI is InChI=1S/C23H21FN6O2/c1-25-23(31)16-8-10-27-22-14(3-5-17(24)21(16)22)7-9-26-19-11-18(29-13-30-19)15-4-6-20(32-2)28-12-15/h3-6,8,10-13H,7,9H2,1-2H3,(H,25,31)(H,26,29,30). The van der Waals surface area contributed by atoms with Crippen molar-refractivity contribution < 1.29 is 13.9 Å². The van der Waals surface area contributed by atoms with Crippen molar-refractivity contribution in [2.75, 3.05) is 26.0 Å². The Balaban J connectivity index is 1.51. The van der Waals surface area contributed by atoms with Gasteiger partial charge in [-0.25, -0.2) is 19.3 Å². The minimum atomic E-state index is -0.475. The highest BCUT2D eigenvalue weighted by Crippen LogP contribution is 2.25. The molecule has 9 heteroatoms. The molecule has 0 aliphatic carbocycles. The summed E-state index contributed by atoms with van der Waals surface area (Å²) in [4.78, 5) is 29.2. The predicted molar refractivity (Wildman–Crippen MR) is 119 cm³/mol. The fraction of sp³-hybridized carbons (Fsp3) is 0.174. The number of hydrogen-bond acceptors (Lipinski definition) is 7. The Labute approximate surface area is 183 Å². The Morgan fingerprint density at radius 2 is 1.97 bits per heavy atom. The quantitative estimate of drug-likeness (QED) is 0.462. The molecule has 0 atom stereocenters. The highest BCUT2D eigenvalue weighted by molar-refractivity contribution is 6.06. The van der Waals surface area contributed by atoms with Crippen molar-refractivity contribution >= 4 is 22.6 Å². The third-order valence-electron chi connectivity index (χ3n) is 5.01. The van der Waals surface area contributed by atoms with E-state index < -0.39 is 5.82 Å². The lowest BCUT2D eigenvalue weighted by molar-refractivity contribution is 0.0964. The van der Waals surface area contributed by atoms with Crippen LogP contribution < -0.4 is 15.4 Å². The normalized spacial score (nSPS) is 10.7. The number of carbonyl (C=O) groups is 1. The van der Waals surface area contributed by atoms with E-state index in [0.717, 1.165) is 16.8 Å². The van der Waals surface area contributed by atoms with Crippen LogP contribution in [0.4, 0.5) is 10.2 Å². The molecule has 0 aliphatic rings. The number of nitrogens with one attached hydrogen (secondary N) is 2. The van der Waals surface area contributed by atoms with Crippen LogP contribution in [-0.4, -0.2) is 46.5 Å². The van der Waals surface area contributed by atoms with Crippen LogP contribution in [0.2, 0.25) is 0 Å². The molecular weight excluding hydrogens is 411 g/mol. The zero-order valence-electron chi connectivity index (χ0n) is 17.6. The third kappa shape index (κ3) is 4.31. The van der Waals surface area contributed by atoms with Crippen molar-refractivity contribution in [3.05, 3.63) is 72.1 Å². The molecule has 32 heavy (non-hydrogen) atoms. The molecule has 3 aromatic heterocycles. The van der Waals surface area contributed by atoms with E-state index in [-0.39, 0.29) is 16.9 Å². The number of ether oxygens (including phenoxy) is 1. The molecule has 1 amide bonds. The predicted octanol–water partition coefficient (Wildman–Crippen LogP) is 3.25. The second kappa shape index (κ2) is 9.34. The van der Waals surface area contributed by atoms with Gasteiger partial charge in [0.15, 0.2) is 0 Å². The van der Waals surface area contributed by atoms with Gasteiger partial charge in [0.05, 0.1) is 23.9 Å². The van der Waals surface area contributed by atoms with E-state index in [1.54, 1.807) is 25.4 Å². The van der Waals surface area contributed by atoms with Gasteiger partial charge < -0.3 is 15.4 Å². The zero-order chi connectivity index (χ0) is 22.5. The fourth-order valence-electron chi connectivity index (χ4n) is 3.40. The van der Waals surface area contributed by atoms with Gasteiger partial charge in [-0.1, -0.05) is 6.07 Å². The minimum absolute atomic E-state index is 0.223. The summed E-state index contributed by atoms with van der Waals surface area (Å²) >= 11 is 0. The van der Waals surface area contributed by atoms with Crippen LogP contribution in [0, 0.1) is 5.82 Å². The molecular formula is C23H21FN6O2. The highest BCUT2D eigenvalue weighted by atomic mass is 19.1. The van der Waals surface area contributed by atoms with Gasteiger partial charge in [0.2, 0.25) is 5.88 Å². The average Bonchev–Trinajstić information content (AvgIpc) is 2.85. The summed E-state index contributed by atoms with van der Waals surface area (Å²) in [5.41, 5.74) is 3.13. The number of anilines is 1. The molecule has 3 heterocycles. The molecule has 162 valence electrons. The van der Waals surface area contributed by atoms with Crippen molar-refractivity contribution in [2.45, 2.75) is 6.42 Å². The average molecular weight is 432 g/mol. The molecule has 0 saturated carbocycles. The summed E-state index contributed by atoms with van der Waals surface area (Å²) in [6.45, 7) is 0.532. The molecule has 0 bridgehead atoms. The lowest BCUT2D eigenvalue weighted by atomic mass is 10.0. The molecule has 0 fully saturated rings. The summed E-state index contributed by atoms with van der Waals surface area (Å²) in [6, 6.07) is 10.0. The number of pyridine rings is 2. The van der Waals surface area contributed by atoms with Gasteiger partial charge in [-0.2, -0.15) is 0 Å². The van der Waals surface area contributed by atoms with Crippen LogP contribution in [0.15, 0.2) is 55.1 Å². The van der Waals surface area contributed by atoms with Crippen molar-refractivity contribution in [2.24, 2.45) is 0 Å². The van der Waals surface area contributed by atoms with Crippen LogP contribution in [0.3, 0.4) is 0 Å². The first-order valence-electron chi connectivity index (χ1n) is 9.95. The van der Waals surface area contributed by atoms with Crippen molar-refractivity contribution in [3.8, 4) is 17.1 Å². The summed E-state index contributed by atoms with van der Waals surface area (Å²) in [7, 11) is 3.08. The lowest BCUT2D eigenvalue weighted by Crippen LogP contribution is -2.18. The number of methoxy groups -OCH3 is 1. The number of rotatable bonds is 7. The summed E-state index contributed by atoms with van der Waals surface area (Å²) in [5, 5.41) is 6.02. The van der Waals surface area contributed by atoms with Crippen LogP contribution >= 0.6 is 0 Å². The number of nitrogens with zero attached hydrogens (tertiary/aromatic N) is 4. The largest absolute Gasteiger partial charge is 0.481 e. The molecule has 0 spiro atoms. The molecule has 2 N–H and O–H groups in total. The number of aromatic nitrogens is 4. The van der Waals surface area contributed by atoms with E-state index >= 15 is 0 Å². The minimum Gasteiger partial charge on any atom is -0.481 e. The lowest BCUT2D eigenvalue weighted by Gasteiger charge is -2.11. The smallest absolute Gasteiger partial charge is 0.251 e. The van der Waals surface area contributed by atoms with Gasteiger partial charge in [-0.3, -0.25) is 9.78 Å². The Kier molecular flexibility index (Phi) is 6.16. The van der Waals surface area contributed by atoms with Crippen molar-refractivity contribution in [3.63, 3.8) is 0 Å². The number of carbonyl (C=O) groups excluding carboxylic acids is 1. The summed E-state index contributed by atoms with van der Waals surface area (Å²) in [6.07, 6.45) is 5.24. The fourth-order valence-corrected chi connectivity index (χ4v) is 3.40. The monoisotopic (exact) mass is 432 g/mol. The van der Waals surface area contributed by atoms with Crippen molar-refractivity contribution in [1.29, 1.82) is 0 Å². The Morgan fingerprint density at radius 1 is 1.09 bits per heavy atom. The maximum absolute atomic E-state index is 14.5. The van der Waals surface area contributed by atoms with Gasteiger partial charge in [0, 0.05) is 49.1 Å². The molecule has 0 unspecified atom stereocenters. The maximum Gasteiger partial charge on any atom is 0.251 e. The highest BCUT2D eigenvalue weighted by Gasteiger charge is 2.15. The van der Waals surface area contributed by atoms with Crippen molar-refractivity contribution in [1.82, 2.24) is 25.3 Å². The van der Waals surface area contributed by atoms with Crippen LogP contribution in [-0.2, 0) is 6.42 Å². The molecule has 0 aliphatic heterocycles. The van der Waals surface area contributed by atoms with E-state index in [1.165, 1.54) is 31.7 Å². The second-order valence-electron chi connectivity index (χ2n) is 6.92. The van der Waals surface area contributed by atoms with E-state index in [2.05, 4.69) is 30.6 Å². The Bertz CT molecular complexity index is 1260. The van der Waals surface area contributed by atoms with Crippen LogP contribution in [0.25, 0.3) is 22.2 Å². The van der Waals surface area contributed by atoms with Gasteiger partial charge in [0.1, 0.15) is 18.0 Å². The summed E-state index contributed by atoms with van der Waals surface area (Å²) in [5.74, 6) is 0.349. The first-order chi connectivity index (χ1) is 15.6. The molecule has 4 rings (SSSR count). The zero-order valence-corrected chi connectivity index (χ0v) is 17.6. The molecule has 8 nitrogen and oxygen atoms in total. The van der Waals surface area contributed by atoms with E-state index in [9.17, 15) is 9.18 Å². The summed E-state index contributed by atoms with van der Waals surface area (Å²) < 4.78 is 19.6. The van der Waals surface area contributed by atoms with E-state index in [4.69, 9.17) is 4.74 Å². The number of fused-ring (bicyclic) bond motifs is 1. The Hall–Kier alpha value is -4.14. The van der Waals surface area contributed by atoms with Crippen LogP contribution in [0.5, 0.6) is 5.88 Å². The van der Waals surface area contributed by atoms with Gasteiger partial charge >= 0.3 is 0 Å². The topological polar surface area (TPSA) is 102 Å². The number of halogens is 1. The first-order valence-corrected chi connectivity index (χ1v) is 9.95. The van der Waals surface area contributed by atoms with E-state index in [1.807, 2.05) is 12.1 Å². The Morgan fingerprint density at radius 3 is 2.72 bits per heavy atom. The van der Waals surface area contributed by atoms with Gasteiger partial charge in [-0.15, -0.1) is 0 Å². The molecule has 0 radical (unpaired) electrons. The second-order valence-corrected chi connectivity index (χ2v) is 6.92. The van der Waals surface area contributed by atoms with Gasteiger partial charge in [-0.05, 0) is 30.2 Å². The van der Waals surface area contributed by atoms with Gasteiger partial charge in [0.25, 0.3) is 5.91 Å². The molecule has 4 aromatic rings. The number of hydrogen-bond donors (Lipinski definition) is 2. The molecule has 0 saturated heterocycles. The SMILES string of the molecule is CNC(=O)c1ccnc2c(CCNc3cc(-c4ccc(OC)nc4)ncn3)ccc(F)c12. The van der Waals surface area contributed by atoms with E-state index in [0.29, 0.717) is 30.2 Å². The number of benzene rings is 1. The molecule has 1 aromatic carbocycles. The van der Waals surface area contributed by atoms with Crippen LogP contribution in [0.1, 0.15) is 15.9 Å². The third-order valence-corrected chi connectivity index (χ3v) is 5.01. The number of amides is 1.